The summed E-state index contributed by atoms with van der Waals surface area (Å²) in [5.41, 5.74) is 2.19. The largest absolute Gasteiger partial charge is 0.494 e. The number of rotatable bonds is 6. The summed E-state index contributed by atoms with van der Waals surface area (Å²) in [7, 11) is 1.32. The van der Waals surface area contributed by atoms with Crippen LogP contribution in [0.3, 0.4) is 0 Å². The van der Waals surface area contributed by atoms with Gasteiger partial charge in [-0.25, -0.2) is 9.18 Å². The first kappa shape index (κ1) is 18.5. The van der Waals surface area contributed by atoms with Gasteiger partial charge >= 0.3 is 5.97 Å². The number of hydrogen-bond acceptors (Lipinski definition) is 3. The van der Waals surface area contributed by atoms with E-state index in [9.17, 15) is 19.1 Å². The van der Waals surface area contributed by atoms with E-state index in [1.54, 1.807) is 13.0 Å². The molecule has 25 heavy (non-hydrogen) atoms. The fourth-order valence-corrected chi connectivity index (χ4v) is 2.88. The summed E-state index contributed by atoms with van der Waals surface area (Å²) in [5.74, 6) is -2.48. The third-order valence-electron chi connectivity index (χ3n) is 4.17. The van der Waals surface area contributed by atoms with Crippen LogP contribution in [0.4, 0.5) is 4.39 Å². The first-order valence-electron chi connectivity index (χ1n) is 7.84. The van der Waals surface area contributed by atoms with E-state index in [2.05, 4.69) is 5.32 Å². The van der Waals surface area contributed by atoms with Gasteiger partial charge in [0.2, 0.25) is 0 Å². The summed E-state index contributed by atoms with van der Waals surface area (Å²) in [4.78, 5) is 24.1. The first-order valence-corrected chi connectivity index (χ1v) is 7.84. The van der Waals surface area contributed by atoms with Gasteiger partial charge in [0.1, 0.15) is 0 Å². The summed E-state index contributed by atoms with van der Waals surface area (Å²) in [6.45, 7) is 6.34. The number of carboxylic acid groups (broad SMARTS) is 1. The molecule has 1 amide bonds. The Morgan fingerprint density at radius 2 is 2.00 bits per heavy atom. The second-order valence-corrected chi connectivity index (χ2v) is 5.67. The first-order chi connectivity index (χ1) is 11.8. The van der Waals surface area contributed by atoms with E-state index in [4.69, 9.17) is 4.74 Å². The number of benzene rings is 1. The zero-order valence-electron chi connectivity index (χ0n) is 14.6. The number of ether oxygens (including phenoxy) is 1. The van der Waals surface area contributed by atoms with Crippen molar-refractivity contribution in [1.29, 1.82) is 0 Å². The molecule has 134 valence electrons. The average molecular weight is 348 g/mol. The van der Waals surface area contributed by atoms with Gasteiger partial charge in [-0.05, 0) is 44.5 Å². The van der Waals surface area contributed by atoms with Crippen molar-refractivity contribution < 1.29 is 23.8 Å². The molecule has 1 heterocycles. The molecule has 6 nitrogen and oxygen atoms in total. The monoisotopic (exact) mass is 348 g/mol. The highest BCUT2D eigenvalue weighted by atomic mass is 19.1. The van der Waals surface area contributed by atoms with E-state index in [1.165, 1.54) is 19.2 Å². The lowest BCUT2D eigenvalue weighted by Crippen LogP contribution is -2.34. The number of carbonyl (C=O) groups is 2. The average Bonchev–Trinajstić information content (AvgIpc) is 2.86. The Labute approximate surface area is 145 Å². The molecule has 0 radical (unpaired) electrons. The van der Waals surface area contributed by atoms with Gasteiger partial charge < -0.3 is 19.7 Å². The normalized spacial score (nSPS) is 11.9. The second kappa shape index (κ2) is 7.38. The lowest BCUT2D eigenvalue weighted by atomic mass is 10.1. The van der Waals surface area contributed by atoms with Crippen molar-refractivity contribution in [2.75, 3.05) is 7.11 Å². The molecular weight excluding hydrogens is 327 g/mol. The number of aliphatic carboxylic acids is 1. The topological polar surface area (TPSA) is 80.6 Å². The van der Waals surface area contributed by atoms with Crippen LogP contribution in [0.15, 0.2) is 24.3 Å². The Balaban J connectivity index is 2.32. The van der Waals surface area contributed by atoms with E-state index in [-0.39, 0.29) is 11.3 Å². The summed E-state index contributed by atoms with van der Waals surface area (Å²) < 4.78 is 20.6. The molecule has 2 rings (SSSR count). The van der Waals surface area contributed by atoms with Crippen molar-refractivity contribution in [3.05, 3.63) is 52.6 Å². The van der Waals surface area contributed by atoms with Crippen LogP contribution in [0.1, 0.15) is 40.3 Å². The van der Waals surface area contributed by atoms with Gasteiger partial charge in [0.15, 0.2) is 17.6 Å². The van der Waals surface area contributed by atoms with Crippen LogP contribution in [0.25, 0.3) is 0 Å². The van der Waals surface area contributed by atoms with Crippen LogP contribution in [0, 0.1) is 19.7 Å². The van der Waals surface area contributed by atoms with Gasteiger partial charge in [0.05, 0.1) is 12.7 Å². The SMILES string of the molecule is CCn1c(C)cc(C(=O)N[C@@H](C(=O)O)c2ccc(OC)c(F)c2)c1C. The minimum atomic E-state index is -1.36. The van der Waals surface area contributed by atoms with Gasteiger partial charge in [-0.15, -0.1) is 0 Å². The Bertz CT molecular complexity index is 814. The van der Waals surface area contributed by atoms with Crippen molar-refractivity contribution in [2.24, 2.45) is 0 Å². The molecule has 2 aromatic rings. The number of carbonyl (C=O) groups excluding carboxylic acids is 1. The molecule has 0 unspecified atom stereocenters. The number of aryl methyl sites for hydroxylation is 1. The van der Waals surface area contributed by atoms with E-state index >= 15 is 0 Å². The van der Waals surface area contributed by atoms with Crippen molar-refractivity contribution in [3.8, 4) is 5.75 Å². The molecule has 0 aliphatic heterocycles. The Kier molecular flexibility index (Phi) is 5.46. The molecule has 7 heteroatoms. The number of aromatic nitrogens is 1. The van der Waals surface area contributed by atoms with Crippen LogP contribution >= 0.6 is 0 Å². The molecule has 0 bridgehead atoms. The zero-order valence-corrected chi connectivity index (χ0v) is 14.6. The maximum atomic E-state index is 13.9. The molecule has 0 fully saturated rings. The van der Waals surface area contributed by atoms with Gasteiger partial charge in [-0.1, -0.05) is 6.07 Å². The highest BCUT2D eigenvalue weighted by Crippen LogP contribution is 2.23. The second-order valence-electron chi connectivity index (χ2n) is 5.67. The lowest BCUT2D eigenvalue weighted by Gasteiger charge is -2.16. The molecular formula is C18H21FN2O4. The molecule has 0 saturated heterocycles. The highest BCUT2D eigenvalue weighted by Gasteiger charge is 2.25. The van der Waals surface area contributed by atoms with E-state index in [1.807, 2.05) is 18.4 Å². The molecule has 1 aromatic carbocycles. The predicted molar refractivity (Wildman–Crippen MR) is 90.4 cm³/mol. The Morgan fingerprint density at radius 3 is 2.48 bits per heavy atom. The van der Waals surface area contributed by atoms with Crippen molar-refractivity contribution in [1.82, 2.24) is 9.88 Å². The molecule has 0 aliphatic carbocycles. The third kappa shape index (κ3) is 3.65. The number of nitrogens with zero attached hydrogens (tertiary/aromatic N) is 1. The number of hydrogen-bond donors (Lipinski definition) is 2. The summed E-state index contributed by atoms with van der Waals surface area (Å²) in [6, 6.07) is 4.14. The minimum absolute atomic E-state index is 0.00528. The fourth-order valence-electron chi connectivity index (χ4n) is 2.88. The molecule has 0 aliphatic rings. The van der Waals surface area contributed by atoms with Crippen LogP contribution in [0.2, 0.25) is 0 Å². The maximum Gasteiger partial charge on any atom is 0.330 e. The van der Waals surface area contributed by atoms with Gasteiger partial charge in [0, 0.05) is 17.9 Å². The lowest BCUT2D eigenvalue weighted by molar-refractivity contribution is -0.139. The Hall–Kier alpha value is -2.83. The number of carboxylic acids is 1. The van der Waals surface area contributed by atoms with Crippen LogP contribution in [-0.4, -0.2) is 28.7 Å². The standard InChI is InChI=1S/C18H21FN2O4/c1-5-21-10(2)8-13(11(21)3)17(22)20-16(18(23)24)12-6-7-15(25-4)14(19)9-12/h6-9,16H,5H2,1-4H3,(H,20,22)(H,23,24)/t16-/m1/s1. The van der Waals surface area contributed by atoms with Crippen LogP contribution < -0.4 is 10.1 Å². The quantitative estimate of drug-likeness (QED) is 0.841. The molecule has 0 spiro atoms. The van der Waals surface area contributed by atoms with Gasteiger partial charge in [-0.3, -0.25) is 4.79 Å². The van der Waals surface area contributed by atoms with E-state index in [0.29, 0.717) is 12.1 Å². The number of amides is 1. The van der Waals surface area contributed by atoms with Crippen LogP contribution in [0.5, 0.6) is 5.75 Å². The van der Waals surface area contributed by atoms with E-state index in [0.717, 1.165) is 17.5 Å². The van der Waals surface area contributed by atoms with Crippen molar-refractivity contribution in [2.45, 2.75) is 33.4 Å². The highest BCUT2D eigenvalue weighted by molar-refractivity contribution is 5.98. The molecule has 2 N–H and O–H groups in total. The predicted octanol–water partition coefficient (Wildman–Crippen LogP) is 2.83. The summed E-state index contributed by atoms with van der Waals surface area (Å²) >= 11 is 0. The van der Waals surface area contributed by atoms with Crippen LogP contribution in [-0.2, 0) is 11.3 Å². The van der Waals surface area contributed by atoms with Crippen molar-refractivity contribution in [3.63, 3.8) is 0 Å². The fraction of sp³-hybridized carbons (Fsp3) is 0.333. The van der Waals surface area contributed by atoms with Gasteiger partial charge in [0.25, 0.3) is 5.91 Å². The number of methoxy groups -OCH3 is 1. The zero-order chi connectivity index (χ0) is 18.7. The summed E-state index contributed by atoms with van der Waals surface area (Å²) in [6.07, 6.45) is 0. The number of halogens is 1. The number of nitrogens with one attached hydrogen (secondary N) is 1. The Morgan fingerprint density at radius 1 is 1.32 bits per heavy atom. The van der Waals surface area contributed by atoms with E-state index < -0.39 is 23.7 Å². The smallest absolute Gasteiger partial charge is 0.330 e. The maximum absolute atomic E-state index is 13.9. The molecule has 1 atom stereocenters. The molecule has 0 saturated carbocycles. The summed E-state index contributed by atoms with van der Waals surface area (Å²) in [5, 5.41) is 11.9. The van der Waals surface area contributed by atoms with Gasteiger partial charge in [-0.2, -0.15) is 0 Å². The minimum Gasteiger partial charge on any atom is -0.494 e. The van der Waals surface area contributed by atoms with Crippen molar-refractivity contribution >= 4 is 11.9 Å². The third-order valence-corrected chi connectivity index (χ3v) is 4.17. The molecule has 1 aromatic heterocycles.